The largest absolute Gasteiger partial charge is 0.344 e. The van der Waals surface area contributed by atoms with Crippen LogP contribution in [0, 0.1) is 12.3 Å². The van der Waals surface area contributed by atoms with E-state index in [1.165, 1.54) is 11.8 Å². The number of terminal acetylenes is 1. The number of para-hydroxylation sites is 2. The molecule has 1 aromatic carbocycles. The number of rotatable bonds is 4. The molecule has 1 amide bonds. The number of aromatic nitrogens is 2. The van der Waals surface area contributed by atoms with E-state index in [-0.39, 0.29) is 17.7 Å². The molecule has 1 unspecified atom stereocenters. The van der Waals surface area contributed by atoms with Gasteiger partial charge in [0.1, 0.15) is 0 Å². The summed E-state index contributed by atoms with van der Waals surface area (Å²) in [5.74, 6) is 2.29. The van der Waals surface area contributed by atoms with E-state index in [1.54, 1.807) is 0 Å². The minimum Gasteiger partial charge on any atom is -0.344 e. The second-order valence-corrected chi connectivity index (χ2v) is 5.07. The molecular formula is C13H13N3OS. The summed E-state index contributed by atoms with van der Waals surface area (Å²) in [6, 6.07) is 7.76. The van der Waals surface area contributed by atoms with Crippen LogP contribution in [-0.4, -0.2) is 27.7 Å². The molecule has 92 valence electrons. The molecule has 0 aliphatic heterocycles. The van der Waals surface area contributed by atoms with E-state index in [0.717, 1.165) is 16.2 Å². The minimum absolute atomic E-state index is 0.0848. The zero-order chi connectivity index (χ0) is 13.0. The maximum Gasteiger partial charge on any atom is 0.234 e. The maximum atomic E-state index is 11.7. The van der Waals surface area contributed by atoms with Gasteiger partial charge in [0.05, 0.1) is 22.8 Å². The molecule has 5 heteroatoms. The fourth-order valence-corrected chi connectivity index (χ4v) is 2.33. The number of hydrogen-bond acceptors (Lipinski definition) is 3. The Morgan fingerprint density at radius 2 is 2.39 bits per heavy atom. The van der Waals surface area contributed by atoms with Gasteiger partial charge in [0.25, 0.3) is 0 Å². The number of carbonyl (C=O) groups is 1. The fourth-order valence-electron chi connectivity index (χ4n) is 1.49. The summed E-state index contributed by atoms with van der Waals surface area (Å²) < 4.78 is 0. The Kier molecular flexibility index (Phi) is 3.90. The van der Waals surface area contributed by atoms with Gasteiger partial charge >= 0.3 is 0 Å². The van der Waals surface area contributed by atoms with E-state index in [2.05, 4.69) is 21.2 Å². The van der Waals surface area contributed by atoms with Crippen LogP contribution in [0.1, 0.15) is 6.92 Å². The lowest BCUT2D eigenvalue weighted by Gasteiger charge is -2.07. The van der Waals surface area contributed by atoms with Gasteiger partial charge in [0.15, 0.2) is 5.16 Å². The average molecular weight is 259 g/mol. The normalized spacial score (nSPS) is 12.0. The van der Waals surface area contributed by atoms with Crippen LogP contribution in [0.4, 0.5) is 0 Å². The first kappa shape index (κ1) is 12.5. The summed E-state index contributed by atoms with van der Waals surface area (Å²) in [4.78, 5) is 19.2. The van der Waals surface area contributed by atoms with Crippen molar-refractivity contribution in [1.29, 1.82) is 0 Å². The highest BCUT2D eigenvalue weighted by molar-refractivity contribution is 8.00. The van der Waals surface area contributed by atoms with Gasteiger partial charge < -0.3 is 10.3 Å². The molecule has 1 atom stereocenters. The van der Waals surface area contributed by atoms with Gasteiger partial charge in [0.2, 0.25) is 5.91 Å². The van der Waals surface area contributed by atoms with Crippen molar-refractivity contribution in [2.45, 2.75) is 17.3 Å². The van der Waals surface area contributed by atoms with Crippen LogP contribution < -0.4 is 5.32 Å². The van der Waals surface area contributed by atoms with Crippen molar-refractivity contribution >= 4 is 28.7 Å². The van der Waals surface area contributed by atoms with Crippen molar-refractivity contribution in [3.05, 3.63) is 24.3 Å². The number of amides is 1. The summed E-state index contributed by atoms with van der Waals surface area (Å²) >= 11 is 1.38. The third-order valence-corrected chi connectivity index (χ3v) is 3.37. The summed E-state index contributed by atoms with van der Waals surface area (Å²) in [5, 5.41) is 3.15. The van der Waals surface area contributed by atoms with Crippen molar-refractivity contribution < 1.29 is 4.79 Å². The molecule has 1 heterocycles. The molecule has 0 bridgehead atoms. The lowest BCUT2D eigenvalue weighted by Crippen LogP contribution is -2.31. The average Bonchev–Trinajstić information content (AvgIpc) is 2.77. The van der Waals surface area contributed by atoms with Gasteiger partial charge in [0, 0.05) is 0 Å². The third kappa shape index (κ3) is 2.84. The van der Waals surface area contributed by atoms with Gasteiger partial charge in [-0.2, -0.15) is 0 Å². The van der Waals surface area contributed by atoms with E-state index in [0.29, 0.717) is 0 Å². The molecule has 2 aromatic rings. The Morgan fingerprint density at radius 3 is 3.11 bits per heavy atom. The van der Waals surface area contributed by atoms with E-state index < -0.39 is 0 Å². The second kappa shape index (κ2) is 5.61. The quantitative estimate of drug-likeness (QED) is 0.650. The van der Waals surface area contributed by atoms with Crippen molar-refractivity contribution in [1.82, 2.24) is 15.3 Å². The van der Waals surface area contributed by atoms with Crippen LogP contribution in [0.3, 0.4) is 0 Å². The van der Waals surface area contributed by atoms with Gasteiger partial charge in [-0.25, -0.2) is 4.98 Å². The maximum absolute atomic E-state index is 11.7. The number of benzene rings is 1. The minimum atomic E-state index is -0.237. The number of hydrogen-bond donors (Lipinski definition) is 2. The van der Waals surface area contributed by atoms with Gasteiger partial charge in [-0.1, -0.05) is 29.8 Å². The highest BCUT2D eigenvalue weighted by atomic mass is 32.2. The Bertz CT molecular complexity index is 567. The second-order valence-electron chi connectivity index (χ2n) is 3.74. The van der Waals surface area contributed by atoms with Crippen LogP contribution in [0.2, 0.25) is 0 Å². The zero-order valence-electron chi connectivity index (χ0n) is 9.93. The predicted molar refractivity (Wildman–Crippen MR) is 73.3 cm³/mol. The zero-order valence-corrected chi connectivity index (χ0v) is 10.8. The van der Waals surface area contributed by atoms with Crippen molar-refractivity contribution in [2.75, 3.05) is 6.54 Å². The highest BCUT2D eigenvalue weighted by Crippen LogP contribution is 2.23. The number of thioether (sulfide) groups is 1. The molecule has 0 radical (unpaired) electrons. The Labute approximate surface area is 110 Å². The first-order valence-electron chi connectivity index (χ1n) is 5.53. The van der Waals surface area contributed by atoms with Crippen molar-refractivity contribution in [3.63, 3.8) is 0 Å². The highest BCUT2D eigenvalue weighted by Gasteiger charge is 2.15. The molecular weight excluding hydrogens is 246 g/mol. The molecule has 4 nitrogen and oxygen atoms in total. The Morgan fingerprint density at radius 1 is 1.61 bits per heavy atom. The lowest BCUT2D eigenvalue weighted by molar-refractivity contribution is -0.120. The van der Waals surface area contributed by atoms with Crippen LogP contribution >= 0.6 is 11.8 Å². The number of nitrogens with zero attached hydrogens (tertiary/aromatic N) is 1. The van der Waals surface area contributed by atoms with E-state index >= 15 is 0 Å². The number of imidazole rings is 1. The van der Waals surface area contributed by atoms with Crippen LogP contribution in [0.25, 0.3) is 11.0 Å². The molecule has 0 saturated heterocycles. The number of nitrogens with one attached hydrogen (secondary N) is 2. The molecule has 2 N–H and O–H groups in total. The third-order valence-electron chi connectivity index (χ3n) is 2.39. The lowest BCUT2D eigenvalue weighted by atomic mass is 10.3. The molecule has 0 aliphatic carbocycles. The smallest absolute Gasteiger partial charge is 0.234 e. The van der Waals surface area contributed by atoms with Crippen LogP contribution in [-0.2, 0) is 4.79 Å². The number of aromatic amines is 1. The van der Waals surface area contributed by atoms with E-state index in [1.807, 2.05) is 31.2 Å². The number of fused-ring (bicyclic) bond motifs is 1. The first-order chi connectivity index (χ1) is 8.70. The van der Waals surface area contributed by atoms with Crippen LogP contribution in [0.5, 0.6) is 0 Å². The standard InChI is InChI=1S/C13H13N3OS/c1-3-8-14-12(17)9(2)18-13-15-10-6-4-5-7-11(10)16-13/h1,4-7,9H,8H2,2H3,(H,14,17)(H,15,16). The predicted octanol–water partition coefficient (Wildman–Crippen LogP) is 1.79. The topological polar surface area (TPSA) is 57.8 Å². The molecule has 0 fully saturated rings. The Balaban J connectivity index is 2.04. The van der Waals surface area contributed by atoms with E-state index in [9.17, 15) is 4.79 Å². The summed E-state index contributed by atoms with van der Waals surface area (Å²) in [6.07, 6.45) is 5.09. The molecule has 1 aromatic heterocycles. The monoisotopic (exact) mass is 259 g/mol. The van der Waals surface area contributed by atoms with Gasteiger partial charge in [-0.05, 0) is 19.1 Å². The first-order valence-corrected chi connectivity index (χ1v) is 6.41. The molecule has 0 saturated carbocycles. The summed E-state index contributed by atoms with van der Waals surface area (Å²) in [6.45, 7) is 2.08. The van der Waals surface area contributed by atoms with Gasteiger partial charge in [-0.15, -0.1) is 6.42 Å². The van der Waals surface area contributed by atoms with Crippen molar-refractivity contribution in [3.8, 4) is 12.3 Å². The fraction of sp³-hybridized carbons (Fsp3) is 0.231. The Hall–Kier alpha value is -1.93. The van der Waals surface area contributed by atoms with E-state index in [4.69, 9.17) is 6.42 Å². The SMILES string of the molecule is C#CCNC(=O)C(C)Sc1nc2ccccc2[nH]1. The molecule has 0 aliphatic rings. The van der Waals surface area contributed by atoms with Gasteiger partial charge in [-0.3, -0.25) is 4.79 Å². The summed E-state index contributed by atoms with van der Waals surface area (Å²) in [7, 11) is 0. The number of H-pyrrole nitrogens is 1. The molecule has 18 heavy (non-hydrogen) atoms. The van der Waals surface area contributed by atoms with Crippen molar-refractivity contribution in [2.24, 2.45) is 0 Å². The number of carbonyl (C=O) groups excluding carboxylic acids is 1. The van der Waals surface area contributed by atoms with Crippen LogP contribution in [0.15, 0.2) is 29.4 Å². The summed E-state index contributed by atoms with van der Waals surface area (Å²) in [5.41, 5.74) is 1.87. The molecule has 2 rings (SSSR count). The molecule has 0 spiro atoms.